The Bertz CT molecular complexity index is 494. The summed E-state index contributed by atoms with van der Waals surface area (Å²) in [6.07, 6.45) is 3.86. The van der Waals surface area contributed by atoms with Gasteiger partial charge in [-0.15, -0.1) is 0 Å². The van der Waals surface area contributed by atoms with Crippen molar-refractivity contribution in [1.82, 2.24) is 4.57 Å². The van der Waals surface area contributed by atoms with Gasteiger partial charge in [-0.25, -0.2) is 0 Å². The SMILES string of the molecule is Cn1ccc2cccc(C3CC(O)C3)c21. The van der Waals surface area contributed by atoms with E-state index in [1.165, 1.54) is 16.5 Å². The van der Waals surface area contributed by atoms with Gasteiger partial charge < -0.3 is 9.67 Å². The zero-order chi connectivity index (χ0) is 10.4. The molecule has 0 bridgehead atoms. The Balaban J connectivity index is 2.13. The number of aryl methyl sites for hydroxylation is 1. The van der Waals surface area contributed by atoms with E-state index >= 15 is 0 Å². The van der Waals surface area contributed by atoms with Gasteiger partial charge in [0.15, 0.2) is 0 Å². The van der Waals surface area contributed by atoms with Gasteiger partial charge in [-0.2, -0.15) is 0 Å². The molecular weight excluding hydrogens is 186 g/mol. The van der Waals surface area contributed by atoms with E-state index in [2.05, 4.69) is 42.1 Å². The zero-order valence-electron chi connectivity index (χ0n) is 8.85. The van der Waals surface area contributed by atoms with Gasteiger partial charge in [-0.3, -0.25) is 0 Å². The van der Waals surface area contributed by atoms with Gasteiger partial charge in [0.05, 0.1) is 11.6 Å². The van der Waals surface area contributed by atoms with Gasteiger partial charge in [0.25, 0.3) is 0 Å². The molecule has 1 N–H and O–H groups in total. The van der Waals surface area contributed by atoms with Crippen molar-refractivity contribution < 1.29 is 5.11 Å². The van der Waals surface area contributed by atoms with Gasteiger partial charge in [0, 0.05) is 13.2 Å². The van der Waals surface area contributed by atoms with Gasteiger partial charge in [-0.05, 0) is 35.8 Å². The van der Waals surface area contributed by atoms with Crippen LogP contribution in [-0.2, 0) is 7.05 Å². The Morgan fingerprint density at radius 3 is 2.80 bits per heavy atom. The topological polar surface area (TPSA) is 25.2 Å². The van der Waals surface area contributed by atoms with E-state index in [0.717, 1.165) is 12.8 Å². The molecule has 1 saturated carbocycles. The van der Waals surface area contributed by atoms with E-state index in [4.69, 9.17) is 0 Å². The highest BCUT2D eigenvalue weighted by atomic mass is 16.3. The Kier molecular flexibility index (Phi) is 1.86. The first kappa shape index (κ1) is 8.98. The minimum atomic E-state index is -0.0782. The van der Waals surface area contributed by atoms with Crippen molar-refractivity contribution in [3.63, 3.8) is 0 Å². The quantitative estimate of drug-likeness (QED) is 0.753. The molecule has 1 heterocycles. The second-order valence-corrected chi connectivity index (χ2v) is 4.53. The standard InChI is InChI=1S/C13H15NO/c1-14-6-5-9-3-2-4-12(13(9)14)10-7-11(15)8-10/h2-6,10-11,15H,7-8H2,1H3. The third-order valence-electron chi connectivity index (χ3n) is 3.48. The van der Waals surface area contributed by atoms with Crippen LogP contribution in [0.5, 0.6) is 0 Å². The Labute approximate surface area is 89.1 Å². The number of aliphatic hydroxyl groups excluding tert-OH is 1. The highest BCUT2D eigenvalue weighted by molar-refractivity contribution is 5.84. The molecule has 0 unspecified atom stereocenters. The number of para-hydroxylation sites is 1. The van der Waals surface area contributed by atoms with E-state index in [1.807, 2.05) is 0 Å². The second-order valence-electron chi connectivity index (χ2n) is 4.53. The number of benzene rings is 1. The van der Waals surface area contributed by atoms with Crippen LogP contribution in [0.1, 0.15) is 24.3 Å². The maximum atomic E-state index is 9.36. The second kappa shape index (κ2) is 3.11. The highest BCUT2D eigenvalue weighted by Gasteiger charge is 2.29. The van der Waals surface area contributed by atoms with Crippen LogP contribution in [0, 0.1) is 0 Å². The van der Waals surface area contributed by atoms with E-state index < -0.39 is 0 Å². The summed E-state index contributed by atoms with van der Waals surface area (Å²) in [4.78, 5) is 0. The lowest BCUT2D eigenvalue weighted by molar-refractivity contribution is 0.0750. The summed E-state index contributed by atoms with van der Waals surface area (Å²) in [5.74, 6) is 0.553. The molecule has 0 amide bonds. The normalized spacial score (nSPS) is 25.5. The molecule has 1 aromatic carbocycles. The van der Waals surface area contributed by atoms with Gasteiger partial charge >= 0.3 is 0 Å². The van der Waals surface area contributed by atoms with Crippen molar-refractivity contribution in [2.24, 2.45) is 7.05 Å². The highest BCUT2D eigenvalue weighted by Crippen LogP contribution is 2.39. The summed E-state index contributed by atoms with van der Waals surface area (Å²) in [6.45, 7) is 0. The molecule has 2 nitrogen and oxygen atoms in total. The number of aliphatic hydroxyl groups is 1. The summed E-state index contributed by atoms with van der Waals surface area (Å²) >= 11 is 0. The largest absolute Gasteiger partial charge is 0.393 e. The van der Waals surface area contributed by atoms with Gasteiger partial charge in [0.2, 0.25) is 0 Å². The lowest BCUT2D eigenvalue weighted by Gasteiger charge is -2.32. The van der Waals surface area contributed by atoms with Crippen molar-refractivity contribution in [2.45, 2.75) is 24.9 Å². The van der Waals surface area contributed by atoms with E-state index in [9.17, 15) is 5.11 Å². The number of hydrogen-bond donors (Lipinski definition) is 1. The number of aromatic nitrogens is 1. The Morgan fingerprint density at radius 2 is 2.07 bits per heavy atom. The minimum Gasteiger partial charge on any atom is -0.393 e. The third kappa shape index (κ3) is 1.29. The predicted molar refractivity (Wildman–Crippen MR) is 60.9 cm³/mol. The number of rotatable bonds is 1. The molecule has 3 rings (SSSR count). The summed E-state index contributed by atoms with van der Waals surface area (Å²) < 4.78 is 2.18. The van der Waals surface area contributed by atoms with E-state index in [0.29, 0.717) is 5.92 Å². The first-order chi connectivity index (χ1) is 7.25. The third-order valence-corrected chi connectivity index (χ3v) is 3.48. The van der Waals surface area contributed by atoms with E-state index in [-0.39, 0.29) is 6.10 Å². The predicted octanol–water partition coefficient (Wildman–Crippen LogP) is 2.42. The van der Waals surface area contributed by atoms with Crippen LogP contribution < -0.4 is 0 Å². The molecule has 0 aliphatic heterocycles. The van der Waals surface area contributed by atoms with Crippen molar-refractivity contribution in [3.05, 3.63) is 36.0 Å². The molecule has 2 aromatic rings. The molecule has 78 valence electrons. The van der Waals surface area contributed by atoms with Crippen LogP contribution in [0.4, 0.5) is 0 Å². The molecule has 0 atom stereocenters. The van der Waals surface area contributed by atoms with Crippen LogP contribution >= 0.6 is 0 Å². The summed E-state index contributed by atoms with van der Waals surface area (Å²) in [5.41, 5.74) is 2.72. The maximum absolute atomic E-state index is 9.36. The van der Waals surface area contributed by atoms with Crippen molar-refractivity contribution in [1.29, 1.82) is 0 Å². The number of nitrogens with zero attached hydrogens (tertiary/aromatic N) is 1. The monoisotopic (exact) mass is 201 g/mol. The zero-order valence-corrected chi connectivity index (χ0v) is 8.85. The lowest BCUT2D eigenvalue weighted by atomic mass is 9.77. The molecule has 15 heavy (non-hydrogen) atoms. The number of fused-ring (bicyclic) bond motifs is 1. The van der Waals surface area contributed by atoms with E-state index in [1.54, 1.807) is 0 Å². The smallest absolute Gasteiger partial charge is 0.0552 e. The maximum Gasteiger partial charge on any atom is 0.0552 e. The van der Waals surface area contributed by atoms with Crippen LogP contribution in [0.3, 0.4) is 0 Å². The average molecular weight is 201 g/mol. The fourth-order valence-electron chi connectivity index (χ4n) is 2.56. The molecule has 0 saturated heterocycles. The van der Waals surface area contributed by atoms with Gasteiger partial charge in [-0.1, -0.05) is 18.2 Å². The van der Waals surface area contributed by atoms with Crippen LogP contribution in [-0.4, -0.2) is 15.8 Å². The summed E-state index contributed by atoms with van der Waals surface area (Å²) in [6, 6.07) is 8.60. The first-order valence-electron chi connectivity index (χ1n) is 5.47. The molecular formula is C13H15NO. The summed E-state index contributed by atoms with van der Waals surface area (Å²) in [5, 5.41) is 10.7. The molecule has 0 radical (unpaired) electrons. The van der Waals surface area contributed by atoms with Crippen LogP contribution in [0.25, 0.3) is 10.9 Å². The molecule has 1 aliphatic carbocycles. The van der Waals surface area contributed by atoms with Crippen LogP contribution in [0.15, 0.2) is 30.5 Å². The minimum absolute atomic E-state index is 0.0782. The fraction of sp³-hybridized carbons (Fsp3) is 0.385. The fourth-order valence-corrected chi connectivity index (χ4v) is 2.56. The Hall–Kier alpha value is -1.28. The molecule has 2 heteroatoms. The van der Waals surface area contributed by atoms with Crippen molar-refractivity contribution in [3.8, 4) is 0 Å². The first-order valence-corrected chi connectivity index (χ1v) is 5.47. The Morgan fingerprint density at radius 1 is 1.27 bits per heavy atom. The molecule has 1 aromatic heterocycles. The molecule has 1 aliphatic rings. The number of hydrogen-bond acceptors (Lipinski definition) is 1. The molecule has 1 fully saturated rings. The average Bonchev–Trinajstić information content (AvgIpc) is 2.56. The lowest BCUT2D eigenvalue weighted by Crippen LogP contribution is -2.26. The summed E-state index contributed by atoms with van der Waals surface area (Å²) in [7, 11) is 2.08. The molecule has 0 spiro atoms. The van der Waals surface area contributed by atoms with Crippen molar-refractivity contribution in [2.75, 3.05) is 0 Å². The van der Waals surface area contributed by atoms with Gasteiger partial charge in [0.1, 0.15) is 0 Å². The van der Waals surface area contributed by atoms with Crippen LogP contribution in [0.2, 0.25) is 0 Å². The van der Waals surface area contributed by atoms with Crippen molar-refractivity contribution >= 4 is 10.9 Å².